The normalized spacial score (nSPS) is 14.2. The number of ether oxygens (including phenoxy) is 3. The van der Waals surface area contributed by atoms with Gasteiger partial charge in [0, 0.05) is 17.5 Å². The molecule has 4 heteroatoms. The lowest BCUT2D eigenvalue weighted by atomic mass is 9.97. The van der Waals surface area contributed by atoms with Crippen LogP contribution in [-0.4, -0.2) is 25.9 Å². The van der Waals surface area contributed by atoms with Gasteiger partial charge < -0.3 is 19.3 Å². The standard InChI is InChI=1S/C17H18O4/c1-19-14-8-4-7-13(17(14)20-2)15(18)12-6-3-5-11-9-10-21-16(11)12/h3-8,15,18H,9-10H2,1-2H3. The highest BCUT2D eigenvalue weighted by atomic mass is 16.5. The van der Waals surface area contributed by atoms with Gasteiger partial charge in [-0.3, -0.25) is 0 Å². The van der Waals surface area contributed by atoms with Crippen LogP contribution >= 0.6 is 0 Å². The molecule has 1 heterocycles. The zero-order valence-electron chi connectivity index (χ0n) is 12.1. The Kier molecular flexibility index (Phi) is 3.71. The molecule has 0 saturated carbocycles. The van der Waals surface area contributed by atoms with Crippen LogP contribution in [0.25, 0.3) is 0 Å². The lowest BCUT2D eigenvalue weighted by Gasteiger charge is -2.19. The average Bonchev–Trinajstić information content (AvgIpc) is 3.01. The molecule has 0 saturated heterocycles. The first kappa shape index (κ1) is 13.8. The maximum atomic E-state index is 10.8. The summed E-state index contributed by atoms with van der Waals surface area (Å²) in [6.07, 6.45) is 0.0635. The molecular weight excluding hydrogens is 268 g/mol. The highest BCUT2D eigenvalue weighted by molar-refractivity contribution is 5.53. The van der Waals surface area contributed by atoms with Crippen molar-refractivity contribution in [2.24, 2.45) is 0 Å². The summed E-state index contributed by atoms with van der Waals surface area (Å²) in [6, 6.07) is 11.3. The molecule has 0 aliphatic carbocycles. The summed E-state index contributed by atoms with van der Waals surface area (Å²) < 4.78 is 16.4. The van der Waals surface area contributed by atoms with E-state index in [1.807, 2.05) is 30.3 Å². The first-order valence-electron chi connectivity index (χ1n) is 6.89. The molecule has 2 aromatic rings. The summed E-state index contributed by atoms with van der Waals surface area (Å²) in [7, 11) is 3.15. The monoisotopic (exact) mass is 286 g/mol. The molecule has 2 aromatic carbocycles. The Labute approximate surface area is 123 Å². The van der Waals surface area contributed by atoms with E-state index in [2.05, 4.69) is 0 Å². The third kappa shape index (κ3) is 2.32. The second kappa shape index (κ2) is 5.66. The van der Waals surface area contributed by atoms with E-state index in [1.54, 1.807) is 20.3 Å². The topological polar surface area (TPSA) is 47.9 Å². The van der Waals surface area contributed by atoms with Crippen LogP contribution in [0, 0.1) is 0 Å². The van der Waals surface area contributed by atoms with Gasteiger partial charge in [-0.1, -0.05) is 30.3 Å². The number of aliphatic hydroxyl groups is 1. The largest absolute Gasteiger partial charge is 0.493 e. The van der Waals surface area contributed by atoms with Gasteiger partial charge in [-0.05, 0) is 11.6 Å². The second-order valence-electron chi connectivity index (χ2n) is 4.92. The Morgan fingerprint density at radius 2 is 1.81 bits per heavy atom. The average molecular weight is 286 g/mol. The van der Waals surface area contributed by atoms with Gasteiger partial charge in [0.1, 0.15) is 11.9 Å². The molecule has 0 radical (unpaired) electrons. The number of para-hydroxylation sites is 2. The summed E-state index contributed by atoms with van der Waals surface area (Å²) in [5.41, 5.74) is 2.56. The predicted molar refractivity (Wildman–Crippen MR) is 79.2 cm³/mol. The molecule has 0 amide bonds. The summed E-state index contributed by atoms with van der Waals surface area (Å²) in [5, 5.41) is 10.8. The molecule has 21 heavy (non-hydrogen) atoms. The number of rotatable bonds is 4. The van der Waals surface area contributed by atoms with Crippen molar-refractivity contribution in [3.63, 3.8) is 0 Å². The zero-order chi connectivity index (χ0) is 14.8. The van der Waals surface area contributed by atoms with E-state index in [0.717, 1.165) is 23.3 Å². The Morgan fingerprint density at radius 1 is 1.05 bits per heavy atom. The zero-order valence-corrected chi connectivity index (χ0v) is 12.1. The van der Waals surface area contributed by atoms with E-state index in [-0.39, 0.29) is 0 Å². The van der Waals surface area contributed by atoms with Crippen molar-refractivity contribution in [1.82, 2.24) is 0 Å². The summed E-state index contributed by atoms with van der Waals surface area (Å²) in [4.78, 5) is 0. The molecule has 0 fully saturated rings. The van der Waals surface area contributed by atoms with Crippen LogP contribution in [-0.2, 0) is 6.42 Å². The fraction of sp³-hybridized carbons (Fsp3) is 0.294. The minimum Gasteiger partial charge on any atom is -0.493 e. The number of aliphatic hydroxyl groups excluding tert-OH is 1. The molecule has 110 valence electrons. The van der Waals surface area contributed by atoms with Crippen LogP contribution in [0.4, 0.5) is 0 Å². The smallest absolute Gasteiger partial charge is 0.166 e. The van der Waals surface area contributed by atoms with Crippen LogP contribution < -0.4 is 14.2 Å². The van der Waals surface area contributed by atoms with Crippen LogP contribution in [0.2, 0.25) is 0 Å². The minimum absolute atomic E-state index is 0.545. The maximum absolute atomic E-state index is 10.8. The van der Waals surface area contributed by atoms with Crippen molar-refractivity contribution in [2.45, 2.75) is 12.5 Å². The van der Waals surface area contributed by atoms with E-state index in [9.17, 15) is 5.11 Å². The van der Waals surface area contributed by atoms with Crippen LogP contribution in [0.5, 0.6) is 17.2 Å². The van der Waals surface area contributed by atoms with Crippen LogP contribution in [0.1, 0.15) is 22.8 Å². The lowest BCUT2D eigenvalue weighted by molar-refractivity contribution is 0.207. The van der Waals surface area contributed by atoms with Crippen LogP contribution in [0.15, 0.2) is 36.4 Å². The highest BCUT2D eigenvalue weighted by Gasteiger charge is 2.25. The van der Waals surface area contributed by atoms with Gasteiger partial charge in [0.15, 0.2) is 11.5 Å². The van der Waals surface area contributed by atoms with Crippen molar-refractivity contribution < 1.29 is 19.3 Å². The van der Waals surface area contributed by atoms with E-state index in [1.165, 1.54) is 0 Å². The molecule has 1 unspecified atom stereocenters. The van der Waals surface area contributed by atoms with Gasteiger partial charge in [0.25, 0.3) is 0 Å². The molecule has 4 nitrogen and oxygen atoms in total. The van der Waals surface area contributed by atoms with Gasteiger partial charge in [-0.15, -0.1) is 0 Å². The molecule has 1 atom stereocenters. The van der Waals surface area contributed by atoms with Crippen molar-refractivity contribution in [3.8, 4) is 17.2 Å². The maximum Gasteiger partial charge on any atom is 0.166 e. The predicted octanol–water partition coefficient (Wildman–Crippen LogP) is 2.72. The number of methoxy groups -OCH3 is 2. The highest BCUT2D eigenvalue weighted by Crippen LogP contribution is 2.41. The molecule has 0 spiro atoms. The Balaban J connectivity index is 2.07. The first-order valence-corrected chi connectivity index (χ1v) is 6.89. The lowest BCUT2D eigenvalue weighted by Crippen LogP contribution is -2.05. The van der Waals surface area contributed by atoms with Crippen molar-refractivity contribution >= 4 is 0 Å². The fourth-order valence-electron chi connectivity index (χ4n) is 2.75. The molecule has 3 rings (SSSR count). The Bertz CT molecular complexity index is 651. The minimum atomic E-state index is -0.817. The quantitative estimate of drug-likeness (QED) is 0.939. The van der Waals surface area contributed by atoms with Gasteiger partial charge >= 0.3 is 0 Å². The van der Waals surface area contributed by atoms with Gasteiger partial charge in [-0.25, -0.2) is 0 Å². The van der Waals surface area contributed by atoms with Gasteiger partial charge in [-0.2, -0.15) is 0 Å². The fourth-order valence-corrected chi connectivity index (χ4v) is 2.75. The van der Waals surface area contributed by atoms with E-state index >= 15 is 0 Å². The van der Waals surface area contributed by atoms with E-state index < -0.39 is 6.10 Å². The number of benzene rings is 2. The number of hydrogen-bond acceptors (Lipinski definition) is 4. The van der Waals surface area contributed by atoms with Gasteiger partial charge in [0.05, 0.1) is 20.8 Å². The number of fused-ring (bicyclic) bond motifs is 1. The summed E-state index contributed by atoms with van der Waals surface area (Å²) >= 11 is 0. The molecular formula is C17H18O4. The van der Waals surface area contributed by atoms with Crippen molar-refractivity contribution in [1.29, 1.82) is 0 Å². The van der Waals surface area contributed by atoms with E-state index in [0.29, 0.717) is 23.7 Å². The Hall–Kier alpha value is -2.20. The molecule has 1 aliphatic rings. The second-order valence-corrected chi connectivity index (χ2v) is 4.92. The van der Waals surface area contributed by atoms with Crippen LogP contribution in [0.3, 0.4) is 0 Å². The molecule has 0 bridgehead atoms. The van der Waals surface area contributed by atoms with Crippen molar-refractivity contribution in [2.75, 3.05) is 20.8 Å². The van der Waals surface area contributed by atoms with Gasteiger partial charge in [0.2, 0.25) is 0 Å². The first-order chi connectivity index (χ1) is 10.3. The molecule has 1 N–H and O–H groups in total. The third-order valence-corrected chi connectivity index (χ3v) is 3.77. The third-order valence-electron chi connectivity index (χ3n) is 3.77. The number of hydrogen-bond donors (Lipinski definition) is 1. The summed E-state index contributed by atoms with van der Waals surface area (Å²) in [5.74, 6) is 1.93. The SMILES string of the molecule is COc1cccc(C(O)c2cccc3c2OCC3)c1OC. The van der Waals surface area contributed by atoms with E-state index in [4.69, 9.17) is 14.2 Å². The molecule has 0 aromatic heterocycles. The Morgan fingerprint density at radius 3 is 2.57 bits per heavy atom. The van der Waals surface area contributed by atoms with Crippen molar-refractivity contribution in [3.05, 3.63) is 53.1 Å². The summed E-state index contributed by atoms with van der Waals surface area (Å²) in [6.45, 7) is 0.661. The molecule has 1 aliphatic heterocycles.